The molecule has 0 aliphatic heterocycles. The van der Waals surface area contributed by atoms with Crippen molar-refractivity contribution in [2.45, 2.75) is 12.7 Å². The van der Waals surface area contributed by atoms with Gasteiger partial charge in [0.1, 0.15) is 0 Å². The molecule has 2 aromatic rings. The van der Waals surface area contributed by atoms with Gasteiger partial charge in [0.15, 0.2) is 0 Å². The van der Waals surface area contributed by atoms with Gasteiger partial charge in [-0.3, -0.25) is 9.78 Å². The van der Waals surface area contributed by atoms with Crippen molar-refractivity contribution in [3.8, 4) is 0 Å². The molecule has 1 heterocycles. The number of rotatable bonds is 5. The Morgan fingerprint density at radius 2 is 2.00 bits per heavy atom. The molecule has 2 N–H and O–H groups in total. The number of nitrogens with zero attached hydrogens (tertiary/aromatic N) is 1. The number of hydrogen-bond acceptors (Lipinski definition) is 3. The number of halogens is 4. The van der Waals surface area contributed by atoms with Crippen molar-refractivity contribution in [2.24, 2.45) is 0 Å². The Bertz CT molecular complexity index is 677. The fourth-order valence-corrected chi connectivity index (χ4v) is 2.03. The summed E-state index contributed by atoms with van der Waals surface area (Å²) in [4.78, 5) is 15.8. The van der Waals surface area contributed by atoms with Gasteiger partial charge < -0.3 is 10.6 Å². The summed E-state index contributed by atoms with van der Waals surface area (Å²) >= 11 is 5.58. The predicted octanol–water partition coefficient (Wildman–Crippen LogP) is 3.48. The Morgan fingerprint density at radius 3 is 2.65 bits per heavy atom. The third-order valence-corrected chi connectivity index (χ3v) is 3.11. The van der Waals surface area contributed by atoms with Crippen LogP contribution >= 0.6 is 11.6 Å². The van der Waals surface area contributed by atoms with E-state index < -0.39 is 17.6 Å². The van der Waals surface area contributed by atoms with Crippen LogP contribution in [0.25, 0.3) is 0 Å². The van der Waals surface area contributed by atoms with E-state index in [4.69, 9.17) is 11.6 Å². The number of aromatic nitrogens is 1. The van der Waals surface area contributed by atoms with Crippen molar-refractivity contribution in [1.82, 2.24) is 10.3 Å². The first-order valence-corrected chi connectivity index (χ1v) is 7.01. The van der Waals surface area contributed by atoms with Crippen molar-refractivity contribution in [3.63, 3.8) is 0 Å². The van der Waals surface area contributed by atoms with Crippen LogP contribution in [0.4, 0.5) is 18.9 Å². The van der Waals surface area contributed by atoms with Crippen molar-refractivity contribution in [2.75, 3.05) is 11.9 Å². The number of benzene rings is 1. The smallest absolute Gasteiger partial charge is 0.324 e. The molecule has 122 valence electrons. The number of anilines is 1. The SMILES string of the molecule is O=C(CNCc1ccccn1)Nc1ccc(Cl)cc1C(F)(F)F. The van der Waals surface area contributed by atoms with E-state index in [2.05, 4.69) is 15.6 Å². The summed E-state index contributed by atoms with van der Waals surface area (Å²) in [7, 11) is 0. The molecule has 0 unspecified atom stereocenters. The first kappa shape index (κ1) is 17.2. The minimum absolute atomic E-state index is 0.0522. The largest absolute Gasteiger partial charge is 0.418 e. The lowest BCUT2D eigenvalue weighted by atomic mass is 10.1. The maximum absolute atomic E-state index is 12.9. The topological polar surface area (TPSA) is 54.0 Å². The van der Waals surface area contributed by atoms with Crippen LogP contribution in [-0.2, 0) is 17.5 Å². The molecule has 1 aromatic heterocycles. The molecular formula is C15H13ClF3N3O. The maximum atomic E-state index is 12.9. The van der Waals surface area contributed by atoms with E-state index >= 15 is 0 Å². The first-order valence-electron chi connectivity index (χ1n) is 6.63. The van der Waals surface area contributed by atoms with E-state index in [0.29, 0.717) is 6.54 Å². The number of hydrogen-bond donors (Lipinski definition) is 2. The zero-order chi connectivity index (χ0) is 16.9. The monoisotopic (exact) mass is 343 g/mol. The van der Waals surface area contributed by atoms with Gasteiger partial charge in [-0.25, -0.2) is 0 Å². The van der Waals surface area contributed by atoms with Crippen LogP contribution in [0.1, 0.15) is 11.3 Å². The maximum Gasteiger partial charge on any atom is 0.418 e. The Hall–Kier alpha value is -2.12. The Balaban J connectivity index is 1.95. The van der Waals surface area contributed by atoms with Crippen LogP contribution in [0.15, 0.2) is 42.6 Å². The van der Waals surface area contributed by atoms with Gasteiger partial charge in [-0.2, -0.15) is 13.2 Å². The summed E-state index contributed by atoms with van der Waals surface area (Å²) in [6.45, 7) is 0.192. The second kappa shape index (κ2) is 7.43. The van der Waals surface area contributed by atoms with Crippen LogP contribution in [0.5, 0.6) is 0 Å². The van der Waals surface area contributed by atoms with Gasteiger partial charge in [0, 0.05) is 17.8 Å². The second-order valence-corrected chi connectivity index (χ2v) is 5.10. The van der Waals surface area contributed by atoms with Gasteiger partial charge in [0.25, 0.3) is 0 Å². The molecule has 0 spiro atoms. The van der Waals surface area contributed by atoms with E-state index in [1.165, 1.54) is 6.07 Å². The average Bonchev–Trinajstić information content (AvgIpc) is 2.49. The van der Waals surface area contributed by atoms with Crippen LogP contribution in [-0.4, -0.2) is 17.4 Å². The third-order valence-electron chi connectivity index (χ3n) is 2.88. The van der Waals surface area contributed by atoms with E-state index in [-0.39, 0.29) is 17.3 Å². The highest BCUT2D eigenvalue weighted by molar-refractivity contribution is 6.30. The van der Waals surface area contributed by atoms with Crippen molar-refractivity contribution < 1.29 is 18.0 Å². The van der Waals surface area contributed by atoms with Crippen molar-refractivity contribution in [3.05, 3.63) is 58.9 Å². The summed E-state index contributed by atoms with van der Waals surface area (Å²) in [5.74, 6) is -0.589. The molecule has 8 heteroatoms. The standard InChI is InChI=1S/C15H13ClF3N3O/c16-10-4-5-13(12(7-10)15(17,18)19)22-14(23)9-20-8-11-3-1-2-6-21-11/h1-7,20H,8-9H2,(H,22,23). The molecule has 0 saturated heterocycles. The minimum atomic E-state index is -4.60. The molecule has 0 bridgehead atoms. The number of carbonyl (C=O) groups is 1. The lowest BCUT2D eigenvalue weighted by Crippen LogP contribution is -2.28. The molecule has 0 atom stereocenters. The number of amides is 1. The van der Waals surface area contributed by atoms with E-state index in [1.807, 2.05) is 0 Å². The molecule has 23 heavy (non-hydrogen) atoms. The molecule has 0 radical (unpaired) electrons. The van der Waals surface area contributed by atoms with Crippen LogP contribution in [0, 0.1) is 0 Å². The number of alkyl halides is 3. The second-order valence-electron chi connectivity index (χ2n) is 4.66. The van der Waals surface area contributed by atoms with Crippen LogP contribution < -0.4 is 10.6 Å². The highest BCUT2D eigenvalue weighted by Gasteiger charge is 2.34. The number of pyridine rings is 1. The summed E-state index contributed by atoms with van der Waals surface area (Å²) < 4.78 is 38.8. The third kappa shape index (κ3) is 5.22. The number of nitrogens with one attached hydrogen (secondary N) is 2. The summed E-state index contributed by atoms with van der Waals surface area (Å²) in [5.41, 5.74) is -0.586. The predicted molar refractivity (Wildman–Crippen MR) is 81.0 cm³/mol. The van der Waals surface area contributed by atoms with Gasteiger partial charge >= 0.3 is 6.18 Å². The van der Waals surface area contributed by atoms with E-state index in [0.717, 1.165) is 17.8 Å². The zero-order valence-corrected chi connectivity index (χ0v) is 12.6. The molecule has 0 fully saturated rings. The van der Waals surface area contributed by atoms with Gasteiger partial charge in [-0.15, -0.1) is 0 Å². The molecule has 0 saturated carbocycles. The molecule has 1 aromatic carbocycles. The molecular weight excluding hydrogens is 331 g/mol. The van der Waals surface area contributed by atoms with Crippen LogP contribution in [0.3, 0.4) is 0 Å². The Morgan fingerprint density at radius 1 is 1.22 bits per heavy atom. The fourth-order valence-electron chi connectivity index (χ4n) is 1.86. The van der Waals surface area contributed by atoms with Crippen molar-refractivity contribution in [1.29, 1.82) is 0 Å². The lowest BCUT2D eigenvalue weighted by molar-refractivity contribution is -0.137. The van der Waals surface area contributed by atoms with Crippen LogP contribution in [0.2, 0.25) is 5.02 Å². The Labute approximate surface area is 135 Å². The zero-order valence-electron chi connectivity index (χ0n) is 11.8. The fraction of sp³-hybridized carbons (Fsp3) is 0.200. The molecule has 4 nitrogen and oxygen atoms in total. The summed E-state index contributed by atoms with van der Waals surface area (Å²) in [6, 6.07) is 8.52. The van der Waals surface area contributed by atoms with Crippen molar-refractivity contribution >= 4 is 23.2 Å². The molecule has 0 aliphatic carbocycles. The highest BCUT2D eigenvalue weighted by atomic mass is 35.5. The Kier molecular flexibility index (Phi) is 5.57. The number of carbonyl (C=O) groups excluding carboxylic acids is 1. The summed E-state index contributed by atoms with van der Waals surface area (Å²) in [5, 5.41) is 4.99. The molecule has 2 rings (SSSR count). The lowest BCUT2D eigenvalue weighted by Gasteiger charge is -2.14. The van der Waals surface area contributed by atoms with E-state index in [1.54, 1.807) is 24.4 Å². The normalized spacial score (nSPS) is 11.3. The van der Waals surface area contributed by atoms with Gasteiger partial charge in [0.05, 0.1) is 23.5 Å². The highest BCUT2D eigenvalue weighted by Crippen LogP contribution is 2.36. The van der Waals surface area contributed by atoms with E-state index in [9.17, 15) is 18.0 Å². The minimum Gasteiger partial charge on any atom is -0.324 e. The first-order chi connectivity index (χ1) is 10.9. The quantitative estimate of drug-likeness (QED) is 0.874. The van der Waals surface area contributed by atoms with Gasteiger partial charge in [0.2, 0.25) is 5.91 Å². The summed E-state index contributed by atoms with van der Waals surface area (Å²) in [6.07, 6.45) is -2.99. The van der Waals surface area contributed by atoms with Gasteiger partial charge in [-0.1, -0.05) is 17.7 Å². The molecule has 1 amide bonds. The molecule has 0 aliphatic rings. The average molecular weight is 344 g/mol. The van der Waals surface area contributed by atoms with Gasteiger partial charge in [-0.05, 0) is 30.3 Å².